The number of aryl methyl sites for hydroxylation is 1. The minimum atomic E-state index is 0.699. The second-order valence-electron chi connectivity index (χ2n) is 4.92. The van der Waals surface area contributed by atoms with Crippen molar-refractivity contribution in [3.05, 3.63) is 67.1 Å². The van der Waals surface area contributed by atoms with Gasteiger partial charge >= 0.3 is 0 Å². The molecule has 3 nitrogen and oxygen atoms in total. The molecule has 0 saturated carbocycles. The van der Waals surface area contributed by atoms with Crippen molar-refractivity contribution < 1.29 is 0 Å². The third-order valence-electron chi connectivity index (χ3n) is 3.53. The van der Waals surface area contributed by atoms with E-state index in [1.54, 1.807) is 0 Å². The smallest absolute Gasteiger partial charge is 0.134 e. The number of fused-ring (bicyclic) bond motifs is 1. The molecule has 2 aromatic heterocycles. The van der Waals surface area contributed by atoms with Crippen molar-refractivity contribution >= 4 is 16.6 Å². The lowest BCUT2D eigenvalue weighted by atomic mass is 9.97. The first-order chi connectivity index (χ1) is 10.3. The molecule has 0 aliphatic rings. The highest BCUT2D eigenvalue weighted by Gasteiger charge is 2.10. The SMILES string of the molecule is C=CCNc1ncc(-c2ccncc2)c2c(C)cccc12. The molecule has 0 spiro atoms. The molecule has 104 valence electrons. The maximum atomic E-state index is 4.58. The summed E-state index contributed by atoms with van der Waals surface area (Å²) in [6.07, 6.45) is 7.38. The summed E-state index contributed by atoms with van der Waals surface area (Å²) in [5.74, 6) is 0.895. The number of rotatable bonds is 4. The van der Waals surface area contributed by atoms with Gasteiger partial charge in [-0.05, 0) is 35.6 Å². The van der Waals surface area contributed by atoms with Gasteiger partial charge in [0.15, 0.2) is 0 Å². The molecule has 3 heteroatoms. The Bertz CT molecular complexity index is 779. The minimum Gasteiger partial charge on any atom is -0.366 e. The summed E-state index contributed by atoms with van der Waals surface area (Å²) in [5.41, 5.74) is 3.50. The quantitative estimate of drug-likeness (QED) is 0.725. The lowest BCUT2D eigenvalue weighted by Gasteiger charge is -2.13. The van der Waals surface area contributed by atoms with Gasteiger partial charge in [-0.1, -0.05) is 24.3 Å². The van der Waals surface area contributed by atoms with Gasteiger partial charge in [-0.15, -0.1) is 6.58 Å². The molecule has 0 aliphatic heterocycles. The Morgan fingerprint density at radius 3 is 2.76 bits per heavy atom. The molecule has 0 unspecified atom stereocenters. The molecule has 0 amide bonds. The van der Waals surface area contributed by atoms with Crippen LogP contribution in [0.2, 0.25) is 0 Å². The molecule has 0 fully saturated rings. The summed E-state index contributed by atoms with van der Waals surface area (Å²) >= 11 is 0. The van der Waals surface area contributed by atoms with E-state index in [0.717, 1.165) is 22.3 Å². The van der Waals surface area contributed by atoms with Gasteiger partial charge in [-0.3, -0.25) is 4.98 Å². The lowest BCUT2D eigenvalue weighted by Crippen LogP contribution is -2.02. The number of anilines is 1. The predicted octanol–water partition coefficient (Wildman–Crippen LogP) is 4.20. The Morgan fingerprint density at radius 2 is 2.00 bits per heavy atom. The zero-order valence-electron chi connectivity index (χ0n) is 12.0. The van der Waals surface area contributed by atoms with Crippen LogP contribution in [-0.4, -0.2) is 16.5 Å². The van der Waals surface area contributed by atoms with E-state index in [1.165, 1.54) is 10.9 Å². The van der Waals surface area contributed by atoms with Gasteiger partial charge in [-0.2, -0.15) is 0 Å². The highest BCUT2D eigenvalue weighted by Crippen LogP contribution is 2.33. The summed E-state index contributed by atoms with van der Waals surface area (Å²) in [4.78, 5) is 8.67. The van der Waals surface area contributed by atoms with Crippen molar-refractivity contribution in [3.63, 3.8) is 0 Å². The molecule has 0 aliphatic carbocycles. The molecule has 2 heterocycles. The van der Waals surface area contributed by atoms with Crippen molar-refractivity contribution in [2.75, 3.05) is 11.9 Å². The van der Waals surface area contributed by atoms with E-state index in [-0.39, 0.29) is 0 Å². The van der Waals surface area contributed by atoms with Gasteiger partial charge in [0.1, 0.15) is 5.82 Å². The first-order valence-electron chi connectivity index (χ1n) is 6.94. The number of hydrogen-bond donors (Lipinski definition) is 1. The standard InChI is InChI=1S/C18H17N3/c1-3-9-20-18-15-6-4-5-13(2)17(15)16(12-21-18)14-7-10-19-11-8-14/h3-8,10-12H,1,9H2,2H3,(H,20,21). The normalized spacial score (nSPS) is 10.5. The summed E-state index contributed by atoms with van der Waals surface area (Å²) in [5, 5.41) is 5.66. The van der Waals surface area contributed by atoms with E-state index < -0.39 is 0 Å². The first kappa shape index (κ1) is 13.3. The molecule has 1 aromatic carbocycles. The van der Waals surface area contributed by atoms with Crippen LogP contribution >= 0.6 is 0 Å². The van der Waals surface area contributed by atoms with Crippen molar-refractivity contribution in [2.24, 2.45) is 0 Å². The first-order valence-corrected chi connectivity index (χ1v) is 6.94. The van der Waals surface area contributed by atoms with Crippen molar-refractivity contribution in [1.82, 2.24) is 9.97 Å². The molecule has 0 atom stereocenters. The second-order valence-corrected chi connectivity index (χ2v) is 4.92. The van der Waals surface area contributed by atoms with Crippen LogP contribution in [-0.2, 0) is 0 Å². The molecule has 3 aromatic rings. The molecule has 0 saturated heterocycles. The molecular formula is C18H17N3. The number of benzene rings is 1. The Balaban J connectivity index is 2.26. The Hall–Kier alpha value is -2.68. The topological polar surface area (TPSA) is 37.8 Å². The summed E-state index contributed by atoms with van der Waals surface area (Å²) < 4.78 is 0. The van der Waals surface area contributed by atoms with E-state index in [2.05, 4.69) is 47.0 Å². The van der Waals surface area contributed by atoms with Gasteiger partial charge in [0.2, 0.25) is 0 Å². The third-order valence-corrected chi connectivity index (χ3v) is 3.53. The highest BCUT2D eigenvalue weighted by atomic mass is 15.0. The number of nitrogens with one attached hydrogen (secondary N) is 1. The van der Waals surface area contributed by atoms with Crippen molar-refractivity contribution in [1.29, 1.82) is 0 Å². The fourth-order valence-electron chi connectivity index (χ4n) is 2.55. The van der Waals surface area contributed by atoms with Gasteiger partial charge in [-0.25, -0.2) is 4.98 Å². The fourth-order valence-corrected chi connectivity index (χ4v) is 2.55. The number of aromatic nitrogens is 2. The molecule has 21 heavy (non-hydrogen) atoms. The van der Waals surface area contributed by atoms with Crippen LogP contribution in [0.25, 0.3) is 21.9 Å². The number of nitrogens with zero attached hydrogens (tertiary/aromatic N) is 2. The number of hydrogen-bond acceptors (Lipinski definition) is 3. The maximum absolute atomic E-state index is 4.58. The average molecular weight is 275 g/mol. The Morgan fingerprint density at radius 1 is 1.19 bits per heavy atom. The molecule has 0 radical (unpaired) electrons. The van der Waals surface area contributed by atoms with Gasteiger partial charge in [0.25, 0.3) is 0 Å². The van der Waals surface area contributed by atoms with Crippen LogP contribution in [0.3, 0.4) is 0 Å². The molecule has 3 rings (SSSR count). The van der Waals surface area contributed by atoms with Crippen molar-refractivity contribution in [3.8, 4) is 11.1 Å². The predicted molar refractivity (Wildman–Crippen MR) is 88.4 cm³/mol. The minimum absolute atomic E-state index is 0.699. The van der Waals surface area contributed by atoms with E-state index in [0.29, 0.717) is 6.54 Å². The maximum Gasteiger partial charge on any atom is 0.134 e. The average Bonchev–Trinajstić information content (AvgIpc) is 2.54. The highest BCUT2D eigenvalue weighted by molar-refractivity contribution is 6.03. The van der Waals surface area contributed by atoms with Crippen LogP contribution in [0.4, 0.5) is 5.82 Å². The van der Waals surface area contributed by atoms with E-state index in [1.807, 2.05) is 36.8 Å². The van der Waals surface area contributed by atoms with Gasteiger partial charge in [0, 0.05) is 36.1 Å². The summed E-state index contributed by atoms with van der Waals surface area (Å²) in [7, 11) is 0. The van der Waals surface area contributed by atoms with Crippen LogP contribution in [0.1, 0.15) is 5.56 Å². The van der Waals surface area contributed by atoms with Crippen LogP contribution in [0.15, 0.2) is 61.6 Å². The number of pyridine rings is 2. The molecule has 0 bridgehead atoms. The summed E-state index contributed by atoms with van der Waals surface area (Å²) in [6.45, 7) is 6.57. The monoisotopic (exact) mass is 275 g/mol. The van der Waals surface area contributed by atoms with Crippen molar-refractivity contribution in [2.45, 2.75) is 6.92 Å². The van der Waals surface area contributed by atoms with E-state index in [4.69, 9.17) is 0 Å². The Kier molecular flexibility index (Phi) is 3.65. The zero-order chi connectivity index (χ0) is 14.7. The fraction of sp³-hybridized carbons (Fsp3) is 0.111. The Labute approximate surface area is 124 Å². The largest absolute Gasteiger partial charge is 0.366 e. The summed E-state index contributed by atoms with van der Waals surface area (Å²) in [6, 6.07) is 10.3. The van der Waals surface area contributed by atoms with Gasteiger partial charge in [0.05, 0.1) is 0 Å². The van der Waals surface area contributed by atoms with Crippen LogP contribution in [0, 0.1) is 6.92 Å². The van der Waals surface area contributed by atoms with Crippen LogP contribution < -0.4 is 5.32 Å². The van der Waals surface area contributed by atoms with E-state index in [9.17, 15) is 0 Å². The molecular weight excluding hydrogens is 258 g/mol. The van der Waals surface area contributed by atoms with E-state index >= 15 is 0 Å². The third kappa shape index (κ3) is 2.50. The van der Waals surface area contributed by atoms with Crippen LogP contribution in [0.5, 0.6) is 0 Å². The zero-order valence-corrected chi connectivity index (χ0v) is 12.0. The van der Waals surface area contributed by atoms with Gasteiger partial charge < -0.3 is 5.32 Å². The second kappa shape index (κ2) is 5.75. The molecule has 1 N–H and O–H groups in total. The lowest BCUT2D eigenvalue weighted by molar-refractivity contribution is 1.25.